The normalized spacial score (nSPS) is 18.6. The third kappa shape index (κ3) is 3.86. The molecule has 0 saturated heterocycles. The Morgan fingerprint density at radius 3 is 2.89 bits per heavy atom. The maximum Gasteiger partial charge on any atom is 0.408 e. The van der Waals surface area contributed by atoms with Crippen LogP contribution in [0.15, 0.2) is 23.1 Å². The van der Waals surface area contributed by atoms with E-state index < -0.39 is 11.7 Å². The largest absolute Gasteiger partial charge is 0.444 e. The van der Waals surface area contributed by atoms with Crippen LogP contribution in [0.1, 0.15) is 38.8 Å². The molecule has 2 rings (SSSR count). The van der Waals surface area contributed by atoms with Crippen molar-refractivity contribution >= 4 is 17.9 Å². The smallest absolute Gasteiger partial charge is 0.408 e. The summed E-state index contributed by atoms with van der Waals surface area (Å²) in [5, 5.41) is 2.82. The molecule has 1 aliphatic heterocycles. The first kappa shape index (κ1) is 14.2. The lowest BCUT2D eigenvalue weighted by Gasteiger charge is -2.27. The highest BCUT2D eigenvalue weighted by atomic mass is 32.2. The van der Waals surface area contributed by atoms with E-state index in [-0.39, 0.29) is 11.9 Å². The number of nitrogens with one attached hydrogen (secondary N) is 1. The van der Waals surface area contributed by atoms with Gasteiger partial charge in [-0.15, -0.1) is 11.8 Å². The second-order valence-corrected chi connectivity index (χ2v) is 6.65. The van der Waals surface area contributed by atoms with Crippen molar-refractivity contribution in [2.24, 2.45) is 0 Å². The Kier molecular flexibility index (Phi) is 4.04. The van der Waals surface area contributed by atoms with E-state index >= 15 is 0 Å². The molecule has 1 aromatic rings. The molecule has 0 fully saturated rings. The van der Waals surface area contributed by atoms with Crippen molar-refractivity contribution < 1.29 is 13.9 Å². The zero-order chi connectivity index (χ0) is 14.0. The molecule has 1 unspecified atom stereocenters. The molecular formula is C14H18FNO2S. The minimum Gasteiger partial charge on any atom is -0.444 e. The molecule has 0 spiro atoms. The predicted octanol–water partition coefficient (Wildman–Crippen LogP) is 3.89. The number of fused-ring (bicyclic) bond motifs is 1. The van der Waals surface area contributed by atoms with Crippen molar-refractivity contribution in [2.75, 3.05) is 5.75 Å². The summed E-state index contributed by atoms with van der Waals surface area (Å²) in [5.74, 6) is 0.622. The van der Waals surface area contributed by atoms with Gasteiger partial charge in [-0.25, -0.2) is 9.18 Å². The number of ether oxygens (including phenoxy) is 1. The van der Waals surface area contributed by atoms with Crippen LogP contribution < -0.4 is 5.32 Å². The summed E-state index contributed by atoms with van der Waals surface area (Å²) < 4.78 is 18.6. The minimum absolute atomic E-state index is 0.179. The lowest BCUT2D eigenvalue weighted by molar-refractivity contribution is 0.0501. The molecule has 1 amide bonds. The first-order valence-electron chi connectivity index (χ1n) is 6.27. The summed E-state index contributed by atoms with van der Waals surface area (Å²) in [6.45, 7) is 5.45. The summed E-state index contributed by atoms with van der Waals surface area (Å²) >= 11 is 1.68. The van der Waals surface area contributed by atoms with Gasteiger partial charge in [-0.2, -0.15) is 0 Å². The van der Waals surface area contributed by atoms with Crippen molar-refractivity contribution in [3.8, 4) is 0 Å². The topological polar surface area (TPSA) is 38.3 Å². The lowest BCUT2D eigenvalue weighted by atomic mass is 10.0. The molecule has 1 heterocycles. The van der Waals surface area contributed by atoms with Crippen LogP contribution in [-0.2, 0) is 4.74 Å². The zero-order valence-corrected chi connectivity index (χ0v) is 12.1. The van der Waals surface area contributed by atoms with E-state index in [2.05, 4.69) is 5.32 Å². The molecular weight excluding hydrogens is 265 g/mol. The average molecular weight is 283 g/mol. The van der Waals surface area contributed by atoms with Crippen molar-refractivity contribution in [2.45, 2.75) is 43.7 Å². The van der Waals surface area contributed by atoms with Gasteiger partial charge in [0.15, 0.2) is 0 Å². The monoisotopic (exact) mass is 283 g/mol. The summed E-state index contributed by atoms with van der Waals surface area (Å²) in [6, 6.07) is 4.52. The van der Waals surface area contributed by atoms with Crippen LogP contribution in [0.2, 0.25) is 0 Å². The molecule has 5 heteroatoms. The van der Waals surface area contributed by atoms with E-state index in [4.69, 9.17) is 4.74 Å². The van der Waals surface area contributed by atoms with Crippen LogP contribution in [0, 0.1) is 5.82 Å². The highest BCUT2D eigenvalue weighted by Gasteiger charge is 2.25. The van der Waals surface area contributed by atoms with Crippen LogP contribution in [0.25, 0.3) is 0 Å². The van der Waals surface area contributed by atoms with Crippen LogP contribution in [0.3, 0.4) is 0 Å². The molecule has 104 valence electrons. The lowest BCUT2D eigenvalue weighted by Crippen LogP contribution is -2.36. The summed E-state index contributed by atoms with van der Waals surface area (Å²) in [7, 11) is 0. The standard InChI is InChI=1S/C14H18FNO2S/c1-14(2,3)18-13(17)16-11-6-7-19-12-5-4-9(15)8-10(11)12/h4-5,8,11H,6-7H2,1-3H3,(H,16,17). The average Bonchev–Trinajstić information content (AvgIpc) is 2.27. The second kappa shape index (κ2) is 5.41. The summed E-state index contributed by atoms with van der Waals surface area (Å²) in [4.78, 5) is 12.8. The molecule has 1 aliphatic rings. The maximum absolute atomic E-state index is 13.3. The van der Waals surface area contributed by atoms with Crippen LogP contribution >= 0.6 is 11.8 Å². The summed E-state index contributed by atoms with van der Waals surface area (Å²) in [5.41, 5.74) is 0.306. The van der Waals surface area contributed by atoms with Gasteiger partial charge in [-0.3, -0.25) is 0 Å². The quantitative estimate of drug-likeness (QED) is 0.849. The Morgan fingerprint density at radius 1 is 1.47 bits per heavy atom. The zero-order valence-electron chi connectivity index (χ0n) is 11.3. The number of thioether (sulfide) groups is 1. The van der Waals surface area contributed by atoms with Gasteiger partial charge in [0.1, 0.15) is 11.4 Å². The maximum atomic E-state index is 13.3. The van der Waals surface area contributed by atoms with Gasteiger partial charge in [-0.05, 0) is 51.0 Å². The van der Waals surface area contributed by atoms with E-state index in [0.29, 0.717) is 0 Å². The van der Waals surface area contributed by atoms with Gasteiger partial charge in [0.2, 0.25) is 0 Å². The fourth-order valence-electron chi connectivity index (χ4n) is 1.97. The fourth-order valence-corrected chi connectivity index (χ4v) is 3.07. The first-order valence-corrected chi connectivity index (χ1v) is 7.25. The molecule has 1 aromatic carbocycles. The molecule has 0 aromatic heterocycles. The van der Waals surface area contributed by atoms with Crippen molar-refractivity contribution in [3.05, 3.63) is 29.6 Å². The molecule has 3 nitrogen and oxygen atoms in total. The third-order valence-electron chi connectivity index (χ3n) is 2.70. The van der Waals surface area contributed by atoms with E-state index in [1.165, 1.54) is 12.1 Å². The van der Waals surface area contributed by atoms with Gasteiger partial charge >= 0.3 is 6.09 Å². The van der Waals surface area contributed by atoms with Crippen molar-refractivity contribution in [1.29, 1.82) is 0 Å². The predicted molar refractivity (Wildman–Crippen MR) is 73.9 cm³/mol. The Bertz CT molecular complexity index is 485. The van der Waals surface area contributed by atoms with Gasteiger partial charge in [0, 0.05) is 10.6 Å². The molecule has 0 radical (unpaired) electrons. The number of hydrogen-bond acceptors (Lipinski definition) is 3. The highest BCUT2D eigenvalue weighted by Crippen LogP contribution is 2.36. The van der Waals surface area contributed by atoms with E-state index in [0.717, 1.165) is 22.6 Å². The molecule has 1 N–H and O–H groups in total. The SMILES string of the molecule is CC(C)(C)OC(=O)NC1CCSc2ccc(F)cc21. The van der Waals surface area contributed by atoms with Gasteiger partial charge in [0.05, 0.1) is 6.04 Å². The Hall–Kier alpha value is -1.23. The molecule has 0 bridgehead atoms. The number of benzene rings is 1. The Labute approximate surface area is 116 Å². The van der Waals surface area contributed by atoms with Crippen LogP contribution in [0.4, 0.5) is 9.18 Å². The molecule has 0 saturated carbocycles. The van der Waals surface area contributed by atoms with Crippen LogP contribution in [-0.4, -0.2) is 17.4 Å². The van der Waals surface area contributed by atoms with Gasteiger partial charge < -0.3 is 10.1 Å². The minimum atomic E-state index is -0.529. The Morgan fingerprint density at radius 2 is 2.21 bits per heavy atom. The first-order chi connectivity index (χ1) is 8.85. The van der Waals surface area contributed by atoms with Gasteiger partial charge in [0.25, 0.3) is 0 Å². The molecule has 0 aliphatic carbocycles. The molecule has 1 atom stereocenters. The number of rotatable bonds is 1. The number of alkyl carbamates (subject to hydrolysis) is 1. The fraction of sp³-hybridized carbons (Fsp3) is 0.500. The van der Waals surface area contributed by atoms with Gasteiger partial charge in [-0.1, -0.05) is 0 Å². The number of amides is 1. The number of halogens is 1. The third-order valence-corrected chi connectivity index (χ3v) is 3.82. The van der Waals surface area contributed by atoms with Crippen LogP contribution in [0.5, 0.6) is 0 Å². The second-order valence-electron chi connectivity index (χ2n) is 5.52. The number of carbonyl (C=O) groups is 1. The van der Waals surface area contributed by atoms with Crippen molar-refractivity contribution in [1.82, 2.24) is 5.32 Å². The number of hydrogen-bond donors (Lipinski definition) is 1. The van der Waals surface area contributed by atoms with E-state index in [1.54, 1.807) is 17.8 Å². The molecule has 19 heavy (non-hydrogen) atoms. The number of carbonyl (C=O) groups excluding carboxylic acids is 1. The van der Waals surface area contributed by atoms with E-state index in [9.17, 15) is 9.18 Å². The summed E-state index contributed by atoms with van der Waals surface area (Å²) in [6.07, 6.45) is 0.319. The van der Waals surface area contributed by atoms with E-state index in [1.807, 2.05) is 20.8 Å². The highest BCUT2D eigenvalue weighted by molar-refractivity contribution is 7.99. The Balaban J connectivity index is 2.11. The van der Waals surface area contributed by atoms with Crippen molar-refractivity contribution in [3.63, 3.8) is 0 Å².